The highest BCUT2D eigenvalue weighted by Gasteiger charge is 2.24. The lowest BCUT2D eigenvalue weighted by atomic mass is 10.0. The molecule has 0 spiro atoms. The lowest BCUT2D eigenvalue weighted by Crippen LogP contribution is -2.29. The number of phosphoric acid groups is 1. The Labute approximate surface area is 370 Å². The zero-order chi connectivity index (χ0) is 43.9. The molecule has 0 bridgehead atoms. The molecule has 0 saturated carbocycles. The number of unbranched alkanes of at least 4 members (excludes halogenated alkanes) is 30. The van der Waals surface area contributed by atoms with Gasteiger partial charge in [0.2, 0.25) is 0 Å². The van der Waals surface area contributed by atoms with Gasteiger partial charge in [-0.15, -0.1) is 0 Å². The second-order valence-electron chi connectivity index (χ2n) is 17.0. The average Bonchev–Trinajstić information content (AvgIpc) is 3.24. The van der Waals surface area contributed by atoms with Gasteiger partial charge in [-0.25, -0.2) is 4.57 Å². The Kier molecular flexibility index (Phi) is 45.4. The quantitative estimate of drug-likeness (QED) is 0.0279. The van der Waals surface area contributed by atoms with Gasteiger partial charge in [0, 0.05) is 20.0 Å². The van der Waals surface area contributed by atoms with Crippen molar-refractivity contribution < 1.29 is 37.6 Å². The number of allylic oxidation sites excluding steroid dienone is 6. The Morgan fingerprint density at radius 2 is 0.800 bits per heavy atom. The molecule has 0 aromatic heterocycles. The lowest BCUT2D eigenvalue weighted by molar-refractivity contribution is -0.161. The van der Waals surface area contributed by atoms with E-state index in [4.69, 9.17) is 14.0 Å². The van der Waals surface area contributed by atoms with E-state index in [2.05, 4.69) is 54.8 Å². The molecule has 2 unspecified atom stereocenters. The molecule has 0 aromatic rings. The highest BCUT2D eigenvalue weighted by atomic mass is 31.2. The first-order valence-corrected chi connectivity index (χ1v) is 26.7. The van der Waals surface area contributed by atoms with Crippen LogP contribution in [0.5, 0.6) is 0 Å². The number of hydrogen-bond acceptors (Lipinski definition) is 7. The van der Waals surface area contributed by atoms with Gasteiger partial charge < -0.3 is 14.4 Å². The van der Waals surface area contributed by atoms with Gasteiger partial charge in [0.05, 0.1) is 6.61 Å². The highest BCUT2D eigenvalue weighted by molar-refractivity contribution is 7.47. The van der Waals surface area contributed by atoms with Crippen LogP contribution in [0.15, 0.2) is 36.5 Å². The van der Waals surface area contributed by atoms with Crippen molar-refractivity contribution >= 4 is 19.8 Å². The smallest absolute Gasteiger partial charge is 0.462 e. The molecule has 0 amide bonds. The van der Waals surface area contributed by atoms with E-state index in [0.717, 1.165) is 64.9 Å². The minimum Gasteiger partial charge on any atom is -0.462 e. The minimum atomic E-state index is -4.27. The topological polar surface area (TPSA) is 108 Å². The molecule has 0 aliphatic carbocycles. The summed E-state index contributed by atoms with van der Waals surface area (Å²) < 4.78 is 32.1. The zero-order valence-corrected chi connectivity index (χ0v) is 40.3. The van der Waals surface area contributed by atoms with E-state index in [1.165, 1.54) is 161 Å². The molecule has 8 nitrogen and oxygen atoms in total. The average molecular weight is 867 g/mol. The normalized spacial score (nSPS) is 13.5. The van der Waals surface area contributed by atoms with Crippen LogP contribution in [-0.2, 0) is 32.7 Å². The molecule has 9 heteroatoms. The first-order chi connectivity index (χ1) is 29.3. The predicted octanol–water partition coefficient (Wildman–Crippen LogP) is 16.3. The van der Waals surface area contributed by atoms with Crippen molar-refractivity contribution in [2.75, 3.05) is 20.3 Å². The number of hydrogen-bond donors (Lipinski definition) is 1. The maximum atomic E-state index is 12.6. The summed E-state index contributed by atoms with van der Waals surface area (Å²) in [6.07, 6.45) is 56.3. The van der Waals surface area contributed by atoms with Crippen molar-refractivity contribution in [3.63, 3.8) is 0 Å². The predicted molar refractivity (Wildman–Crippen MR) is 253 cm³/mol. The van der Waals surface area contributed by atoms with E-state index in [-0.39, 0.29) is 19.0 Å². The third-order valence-electron chi connectivity index (χ3n) is 11.1. The maximum absolute atomic E-state index is 12.6. The lowest BCUT2D eigenvalue weighted by Gasteiger charge is -2.19. The van der Waals surface area contributed by atoms with E-state index >= 15 is 0 Å². The molecule has 0 radical (unpaired) electrons. The number of esters is 2. The van der Waals surface area contributed by atoms with Crippen molar-refractivity contribution in [2.24, 2.45) is 0 Å². The summed E-state index contributed by atoms with van der Waals surface area (Å²) in [6, 6.07) is 0. The van der Waals surface area contributed by atoms with Crippen LogP contribution in [0, 0.1) is 0 Å². The largest absolute Gasteiger partial charge is 0.472 e. The molecular formula is C51H95O8P. The first-order valence-electron chi connectivity index (χ1n) is 25.2. The van der Waals surface area contributed by atoms with Crippen LogP contribution in [0.25, 0.3) is 0 Å². The summed E-state index contributed by atoms with van der Waals surface area (Å²) in [6.45, 7) is 3.89. The summed E-state index contributed by atoms with van der Waals surface area (Å²) in [4.78, 5) is 34.6. The van der Waals surface area contributed by atoms with Crippen molar-refractivity contribution in [1.82, 2.24) is 0 Å². The van der Waals surface area contributed by atoms with Crippen LogP contribution in [0.1, 0.15) is 251 Å². The number of rotatable bonds is 47. The Hall–Kier alpha value is -1.73. The Morgan fingerprint density at radius 3 is 1.22 bits per heavy atom. The van der Waals surface area contributed by atoms with E-state index in [9.17, 15) is 19.0 Å². The van der Waals surface area contributed by atoms with Crippen molar-refractivity contribution in [3.05, 3.63) is 36.5 Å². The SMILES string of the molecule is CCCCC/C=C\C/C=C\C/C=C\CCCCCCCCC(=O)OC(COC(=O)CCCCCCCCCCCCCCCCCCCCCCCC)COP(=O)(O)OC. The third kappa shape index (κ3) is 45.8. The molecule has 0 aliphatic heterocycles. The van der Waals surface area contributed by atoms with Gasteiger partial charge in [-0.05, 0) is 51.4 Å². The monoisotopic (exact) mass is 867 g/mol. The van der Waals surface area contributed by atoms with Gasteiger partial charge >= 0.3 is 19.8 Å². The minimum absolute atomic E-state index is 0.227. The standard InChI is InChI=1S/C51H95O8P/c1-4-6-8-10-12-14-16-18-20-22-24-25-26-28-29-31-33-35-37-39-41-43-45-50(52)57-47-49(48-58-60(54,55)56-3)59-51(53)46-44-42-40-38-36-34-32-30-27-23-21-19-17-15-13-11-9-7-5-2/h13,15,19,21,27,30,49H,4-12,14,16-18,20,22-26,28-29,31-48H2,1-3H3,(H,54,55)/b15-13-,21-19-,30-27-. The second kappa shape index (κ2) is 46.8. The van der Waals surface area contributed by atoms with E-state index in [0.29, 0.717) is 12.8 Å². The summed E-state index contributed by atoms with van der Waals surface area (Å²) in [7, 11) is -3.20. The molecule has 0 heterocycles. The van der Waals surface area contributed by atoms with Gasteiger partial charge in [-0.2, -0.15) is 0 Å². The highest BCUT2D eigenvalue weighted by Crippen LogP contribution is 2.42. The number of carbonyl (C=O) groups excluding carboxylic acids is 2. The van der Waals surface area contributed by atoms with Crippen LogP contribution in [0.3, 0.4) is 0 Å². The van der Waals surface area contributed by atoms with Gasteiger partial charge in [0.15, 0.2) is 6.10 Å². The van der Waals surface area contributed by atoms with Crippen LogP contribution in [0.2, 0.25) is 0 Å². The molecule has 352 valence electrons. The van der Waals surface area contributed by atoms with E-state index in [1.54, 1.807) is 0 Å². The molecule has 0 aliphatic rings. The summed E-state index contributed by atoms with van der Waals surface area (Å²) in [5, 5.41) is 0. The summed E-state index contributed by atoms with van der Waals surface area (Å²) >= 11 is 0. The molecule has 0 saturated heterocycles. The second-order valence-corrected chi connectivity index (χ2v) is 18.5. The molecule has 0 fully saturated rings. The zero-order valence-electron chi connectivity index (χ0n) is 39.4. The Morgan fingerprint density at radius 1 is 0.467 bits per heavy atom. The molecule has 0 rings (SSSR count). The van der Waals surface area contributed by atoms with Gasteiger partial charge in [0.1, 0.15) is 6.61 Å². The molecule has 2 atom stereocenters. The van der Waals surface area contributed by atoms with Gasteiger partial charge in [-0.1, -0.05) is 224 Å². The van der Waals surface area contributed by atoms with E-state index < -0.39 is 26.5 Å². The number of phosphoric ester groups is 1. The molecule has 0 aromatic carbocycles. The molecular weight excluding hydrogens is 772 g/mol. The fourth-order valence-corrected chi connectivity index (χ4v) is 7.72. The first kappa shape index (κ1) is 58.3. The van der Waals surface area contributed by atoms with Crippen LogP contribution >= 0.6 is 7.82 Å². The van der Waals surface area contributed by atoms with Crippen LogP contribution in [-0.4, -0.2) is 43.3 Å². The maximum Gasteiger partial charge on any atom is 0.472 e. The number of ether oxygens (including phenoxy) is 2. The van der Waals surface area contributed by atoms with E-state index in [1.807, 2.05) is 0 Å². The van der Waals surface area contributed by atoms with Crippen LogP contribution in [0.4, 0.5) is 0 Å². The summed E-state index contributed by atoms with van der Waals surface area (Å²) in [5.74, 6) is -0.807. The van der Waals surface area contributed by atoms with Crippen LogP contribution < -0.4 is 0 Å². The fourth-order valence-electron chi connectivity index (χ4n) is 7.26. The molecule has 1 N–H and O–H groups in total. The number of carbonyl (C=O) groups is 2. The van der Waals surface area contributed by atoms with Gasteiger partial charge in [-0.3, -0.25) is 18.6 Å². The fraction of sp³-hybridized carbons (Fsp3) is 0.843. The van der Waals surface area contributed by atoms with Crippen molar-refractivity contribution in [1.29, 1.82) is 0 Å². The van der Waals surface area contributed by atoms with Crippen molar-refractivity contribution in [3.8, 4) is 0 Å². The molecule has 60 heavy (non-hydrogen) atoms. The summed E-state index contributed by atoms with van der Waals surface area (Å²) in [5.41, 5.74) is 0. The van der Waals surface area contributed by atoms with Gasteiger partial charge in [0.25, 0.3) is 0 Å². The third-order valence-corrected chi connectivity index (χ3v) is 12.1. The van der Waals surface area contributed by atoms with Crippen molar-refractivity contribution in [2.45, 2.75) is 258 Å². The Balaban J connectivity index is 3.90. The Bertz CT molecular complexity index is 1070.